The number of aromatic amines is 1. The number of anilines is 3. The van der Waals surface area contributed by atoms with E-state index >= 15 is 0 Å². The Balaban J connectivity index is 1.42. The first-order chi connectivity index (χ1) is 19.4. The van der Waals surface area contributed by atoms with Gasteiger partial charge in [-0.3, -0.25) is 9.69 Å². The van der Waals surface area contributed by atoms with Crippen molar-refractivity contribution in [2.24, 2.45) is 0 Å². The molecule has 2 aromatic heterocycles. The monoisotopic (exact) mass is 583 g/mol. The number of carbonyl (C=O) groups excluding carboxylic acids is 1. The molecule has 1 aliphatic rings. The van der Waals surface area contributed by atoms with Gasteiger partial charge in [0.1, 0.15) is 10.6 Å². The maximum absolute atomic E-state index is 15.0. The lowest BCUT2D eigenvalue weighted by Crippen LogP contribution is -2.58. The number of rotatable bonds is 7. The highest BCUT2D eigenvalue weighted by molar-refractivity contribution is 7.90. The van der Waals surface area contributed by atoms with Crippen LogP contribution in [0.25, 0.3) is 22.2 Å². The molecule has 13 heteroatoms. The minimum absolute atomic E-state index is 0.0611. The average molecular weight is 584 g/mol. The third kappa shape index (κ3) is 5.92. The summed E-state index contributed by atoms with van der Waals surface area (Å²) in [6.07, 6.45) is 3.43. The quantitative estimate of drug-likeness (QED) is 0.256. The molecule has 1 unspecified atom stereocenters. The number of sulfone groups is 1. The second-order valence-corrected chi connectivity index (χ2v) is 12.4. The van der Waals surface area contributed by atoms with Crippen LogP contribution < -0.4 is 16.0 Å². The minimum atomic E-state index is -3.81. The second kappa shape index (κ2) is 11.1. The Labute approximate surface area is 236 Å². The van der Waals surface area contributed by atoms with Gasteiger partial charge in [0.15, 0.2) is 21.5 Å². The molecule has 1 fully saturated rings. The summed E-state index contributed by atoms with van der Waals surface area (Å²) in [5.74, 6) is -1.99. The van der Waals surface area contributed by atoms with Gasteiger partial charge in [-0.25, -0.2) is 27.2 Å². The number of H-pyrrole nitrogens is 1. The molecule has 1 saturated heterocycles. The van der Waals surface area contributed by atoms with Crippen LogP contribution in [0.4, 0.5) is 26.1 Å². The highest BCUT2D eigenvalue weighted by atomic mass is 32.2. The third-order valence-corrected chi connectivity index (χ3v) is 8.21. The van der Waals surface area contributed by atoms with Gasteiger partial charge in [0.2, 0.25) is 11.9 Å². The van der Waals surface area contributed by atoms with Crippen LogP contribution in [-0.4, -0.2) is 71.6 Å². The van der Waals surface area contributed by atoms with Gasteiger partial charge >= 0.3 is 0 Å². The van der Waals surface area contributed by atoms with E-state index in [1.807, 2.05) is 6.92 Å². The van der Waals surface area contributed by atoms with Crippen molar-refractivity contribution >= 4 is 44.0 Å². The van der Waals surface area contributed by atoms with E-state index in [2.05, 4.69) is 49.6 Å². The number of hydrogen-bond donors (Lipinski definition) is 4. The molecule has 4 N–H and O–H groups in total. The molecule has 1 amide bonds. The number of carbonyl (C=O) groups is 1. The molecule has 3 atom stereocenters. The Morgan fingerprint density at radius 2 is 1.78 bits per heavy atom. The van der Waals surface area contributed by atoms with Crippen LogP contribution in [0.1, 0.15) is 20.8 Å². The van der Waals surface area contributed by atoms with E-state index in [9.17, 15) is 22.0 Å². The van der Waals surface area contributed by atoms with Gasteiger partial charge in [-0.05, 0) is 39.0 Å². The first-order valence-electron chi connectivity index (χ1n) is 13.1. The molecule has 5 rings (SSSR count). The molecule has 0 saturated carbocycles. The zero-order chi connectivity index (χ0) is 29.5. The number of hydrogen-bond acceptors (Lipinski definition) is 8. The number of para-hydroxylation sites is 1. The number of nitrogens with zero attached hydrogens (tertiary/aromatic N) is 3. The standard InChI is InChI=1S/C28H31F2N7O3S/c1-15-13-37(14-16(2)33-15)17(3)27(38)34-22-9-5-7-18-19(11-31-26(18)22)25-20(29)12-32-28(36-25)35-21-8-6-10-23(24(21)30)41(4,39)40/h5-12,15-17,31,33H,13-14H2,1-4H3,(H,34,38)(H,32,35,36)/t15-,16-,17?/m0/s1. The summed E-state index contributed by atoms with van der Waals surface area (Å²) in [5, 5.41) is 9.71. The van der Waals surface area contributed by atoms with Crippen LogP contribution in [0.15, 0.2) is 53.7 Å². The number of piperazine rings is 1. The van der Waals surface area contributed by atoms with E-state index in [-0.39, 0.29) is 41.4 Å². The number of amides is 1. The molecule has 41 heavy (non-hydrogen) atoms. The van der Waals surface area contributed by atoms with Crippen molar-refractivity contribution in [2.75, 3.05) is 30.0 Å². The zero-order valence-corrected chi connectivity index (χ0v) is 23.8. The van der Waals surface area contributed by atoms with Crippen molar-refractivity contribution in [2.45, 2.75) is 43.8 Å². The molecule has 0 bridgehead atoms. The molecule has 216 valence electrons. The summed E-state index contributed by atoms with van der Waals surface area (Å²) < 4.78 is 53.6. The number of halogens is 2. The lowest BCUT2D eigenvalue weighted by atomic mass is 10.1. The Hall–Kier alpha value is -3.94. The molecule has 4 aromatic rings. The Kier molecular flexibility index (Phi) is 7.77. The number of benzene rings is 2. The van der Waals surface area contributed by atoms with Crippen LogP contribution in [0.2, 0.25) is 0 Å². The Morgan fingerprint density at radius 1 is 1.10 bits per heavy atom. The predicted molar refractivity (Wildman–Crippen MR) is 154 cm³/mol. The van der Waals surface area contributed by atoms with Crippen molar-refractivity contribution in [3.8, 4) is 11.3 Å². The van der Waals surface area contributed by atoms with Gasteiger partial charge < -0.3 is 20.9 Å². The van der Waals surface area contributed by atoms with Gasteiger partial charge in [0, 0.05) is 48.6 Å². The van der Waals surface area contributed by atoms with Crippen LogP contribution in [-0.2, 0) is 14.6 Å². The third-order valence-electron chi connectivity index (χ3n) is 7.09. The molecule has 0 aliphatic carbocycles. The Morgan fingerprint density at radius 3 is 2.49 bits per heavy atom. The smallest absolute Gasteiger partial charge is 0.241 e. The van der Waals surface area contributed by atoms with Crippen LogP contribution in [0.3, 0.4) is 0 Å². The zero-order valence-electron chi connectivity index (χ0n) is 23.0. The van der Waals surface area contributed by atoms with Gasteiger partial charge in [0.25, 0.3) is 0 Å². The predicted octanol–water partition coefficient (Wildman–Crippen LogP) is 4.06. The summed E-state index contributed by atoms with van der Waals surface area (Å²) in [4.78, 5) is 26.1. The highest BCUT2D eigenvalue weighted by Gasteiger charge is 2.29. The minimum Gasteiger partial charge on any atom is -0.359 e. The first-order valence-corrected chi connectivity index (χ1v) is 15.0. The first kappa shape index (κ1) is 28.6. The van der Waals surface area contributed by atoms with Crippen molar-refractivity contribution in [1.29, 1.82) is 0 Å². The SMILES string of the molecule is CC(C(=O)Nc1cccc2c(-c3nc(Nc4cccc(S(C)(=O)=O)c4F)ncc3F)c[nH]c12)N1C[C@H](C)N[C@@H](C)C1. The number of fused-ring (bicyclic) bond motifs is 1. The summed E-state index contributed by atoms with van der Waals surface area (Å²) in [5.41, 5.74) is 1.30. The topological polar surface area (TPSA) is 132 Å². The van der Waals surface area contributed by atoms with E-state index in [4.69, 9.17) is 0 Å². The average Bonchev–Trinajstić information content (AvgIpc) is 3.34. The van der Waals surface area contributed by atoms with Gasteiger partial charge in [-0.1, -0.05) is 18.2 Å². The van der Waals surface area contributed by atoms with Crippen molar-refractivity contribution in [3.05, 3.63) is 60.4 Å². The number of nitrogens with one attached hydrogen (secondary N) is 4. The lowest BCUT2D eigenvalue weighted by molar-refractivity contribution is -0.121. The summed E-state index contributed by atoms with van der Waals surface area (Å²) in [6, 6.07) is 9.32. The summed E-state index contributed by atoms with van der Waals surface area (Å²) in [6.45, 7) is 7.55. The molecular formula is C28H31F2N7O3S. The maximum atomic E-state index is 15.0. The fourth-order valence-electron chi connectivity index (χ4n) is 5.17. The largest absolute Gasteiger partial charge is 0.359 e. The van der Waals surface area contributed by atoms with E-state index in [1.54, 1.807) is 24.4 Å². The van der Waals surface area contributed by atoms with Crippen molar-refractivity contribution < 1.29 is 22.0 Å². The van der Waals surface area contributed by atoms with Gasteiger partial charge in [-0.2, -0.15) is 0 Å². The highest BCUT2D eigenvalue weighted by Crippen LogP contribution is 2.34. The maximum Gasteiger partial charge on any atom is 0.241 e. The van der Waals surface area contributed by atoms with Gasteiger partial charge in [0.05, 0.1) is 29.1 Å². The molecule has 10 nitrogen and oxygen atoms in total. The van der Waals surface area contributed by atoms with Crippen LogP contribution in [0, 0.1) is 11.6 Å². The van der Waals surface area contributed by atoms with Crippen LogP contribution >= 0.6 is 0 Å². The van der Waals surface area contributed by atoms with E-state index < -0.39 is 26.4 Å². The molecule has 2 aromatic carbocycles. The fraction of sp³-hybridized carbons (Fsp3) is 0.321. The normalized spacial score (nSPS) is 18.8. The second-order valence-electron chi connectivity index (χ2n) is 10.4. The fourth-order valence-corrected chi connectivity index (χ4v) is 5.93. The van der Waals surface area contributed by atoms with Crippen molar-refractivity contribution in [3.63, 3.8) is 0 Å². The van der Waals surface area contributed by atoms with E-state index in [0.29, 0.717) is 22.2 Å². The van der Waals surface area contributed by atoms with Crippen molar-refractivity contribution in [1.82, 2.24) is 25.2 Å². The number of aromatic nitrogens is 3. The molecule has 0 spiro atoms. The van der Waals surface area contributed by atoms with E-state index in [0.717, 1.165) is 31.6 Å². The summed E-state index contributed by atoms with van der Waals surface area (Å²) in [7, 11) is -3.81. The van der Waals surface area contributed by atoms with Crippen LogP contribution in [0.5, 0.6) is 0 Å². The molecule has 0 radical (unpaired) electrons. The molecule has 3 heterocycles. The summed E-state index contributed by atoms with van der Waals surface area (Å²) >= 11 is 0. The van der Waals surface area contributed by atoms with E-state index in [1.165, 1.54) is 12.1 Å². The molecule has 1 aliphatic heterocycles. The Bertz CT molecular complexity index is 1720. The lowest BCUT2D eigenvalue weighted by Gasteiger charge is -2.39. The molecular weight excluding hydrogens is 552 g/mol. The van der Waals surface area contributed by atoms with Gasteiger partial charge in [-0.15, -0.1) is 0 Å².